The summed E-state index contributed by atoms with van der Waals surface area (Å²) in [6.07, 6.45) is 3.61. The molecule has 1 aliphatic carbocycles. The van der Waals surface area contributed by atoms with Gasteiger partial charge >= 0.3 is 5.97 Å². The van der Waals surface area contributed by atoms with Crippen molar-refractivity contribution in [2.45, 2.75) is 70.6 Å². The van der Waals surface area contributed by atoms with E-state index >= 15 is 0 Å². The second kappa shape index (κ2) is 5.59. The Morgan fingerprint density at radius 2 is 1.70 bits per heavy atom. The third-order valence-corrected chi connectivity index (χ3v) is 4.75. The molecule has 1 aliphatic rings. The minimum atomic E-state index is -0.648. The fourth-order valence-corrected chi connectivity index (χ4v) is 3.43. The van der Waals surface area contributed by atoms with E-state index < -0.39 is 11.4 Å². The van der Waals surface area contributed by atoms with Crippen molar-refractivity contribution in [3.63, 3.8) is 0 Å². The van der Waals surface area contributed by atoms with Crippen molar-refractivity contribution in [2.24, 2.45) is 0 Å². The highest BCUT2D eigenvalue weighted by molar-refractivity contribution is 5.82. The smallest absolute Gasteiger partial charge is 0.314 e. The molecular weight excluding hydrogens is 248 g/mol. The minimum Gasteiger partial charge on any atom is -0.481 e. The van der Waals surface area contributed by atoms with Gasteiger partial charge in [0.25, 0.3) is 0 Å². The van der Waals surface area contributed by atoms with Gasteiger partial charge in [0, 0.05) is 0 Å². The lowest BCUT2D eigenvalue weighted by molar-refractivity contribution is -0.143. The van der Waals surface area contributed by atoms with Crippen molar-refractivity contribution in [3.8, 4) is 0 Å². The molecule has 0 amide bonds. The van der Waals surface area contributed by atoms with Crippen LogP contribution in [0.4, 0.5) is 0 Å². The molecule has 0 radical (unpaired) electrons. The molecule has 2 nitrogen and oxygen atoms in total. The van der Waals surface area contributed by atoms with Crippen molar-refractivity contribution < 1.29 is 9.90 Å². The van der Waals surface area contributed by atoms with E-state index in [0.29, 0.717) is 11.8 Å². The van der Waals surface area contributed by atoms with E-state index in [2.05, 4.69) is 45.9 Å². The zero-order valence-corrected chi connectivity index (χ0v) is 13.1. The van der Waals surface area contributed by atoms with Crippen LogP contribution in [0, 0.1) is 0 Å². The molecule has 0 heterocycles. The third-order valence-electron chi connectivity index (χ3n) is 4.75. The first-order valence-electron chi connectivity index (χ1n) is 7.76. The zero-order valence-electron chi connectivity index (χ0n) is 13.1. The third kappa shape index (κ3) is 2.48. The van der Waals surface area contributed by atoms with Gasteiger partial charge in [0.2, 0.25) is 0 Å². The van der Waals surface area contributed by atoms with E-state index in [1.54, 1.807) is 0 Å². The fraction of sp³-hybridized carbons (Fsp3) is 0.611. The lowest BCUT2D eigenvalue weighted by atomic mass is 9.73. The zero-order chi connectivity index (χ0) is 14.9. The van der Waals surface area contributed by atoms with Gasteiger partial charge < -0.3 is 5.11 Å². The van der Waals surface area contributed by atoms with Crippen molar-refractivity contribution in [1.82, 2.24) is 0 Å². The van der Waals surface area contributed by atoms with E-state index in [9.17, 15) is 9.90 Å². The first kappa shape index (κ1) is 15.1. The predicted octanol–water partition coefficient (Wildman–Crippen LogP) is 4.83. The summed E-state index contributed by atoms with van der Waals surface area (Å²) in [5.74, 6) is 0.156. The van der Waals surface area contributed by atoms with Gasteiger partial charge in [0.05, 0.1) is 5.41 Å². The van der Waals surface area contributed by atoms with Gasteiger partial charge in [-0.3, -0.25) is 4.79 Å². The first-order valence-corrected chi connectivity index (χ1v) is 7.76. The Bertz CT molecular complexity index is 494. The normalized spacial score (nSPS) is 17.9. The first-order chi connectivity index (χ1) is 9.38. The molecule has 1 saturated carbocycles. The van der Waals surface area contributed by atoms with Gasteiger partial charge in [-0.15, -0.1) is 0 Å². The Labute approximate surface area is 122 Å². The average Bonchev–Trinajstić information content (AvgIpc) is 2.88. The number of benzene rings is 1. The van der Waals surface area contributed by atoms with E-state index in [1.807, 2.05) is 0 Å². The molecule has 2 rings (SSSR count). The second-order valence-corrected chi connectivity index (χ2v) is 6.75. The molecule has 0 aliphatic heterocycles. The quantitative estimate of drug-likeness (QED) is 0.853. The van der Waals surface area contributed by atoms with Crippen LogP contribution in [0.5, 0.6) is 0 Å². The summed E-state index contributed by atoms with van der Waals surface area (Å²) in [4.78, 5) is 12.0. The molecule has 0 bridgehead atoms. The van der Waals surface area contributed by atoms with Crippen molar-refractivity contribution >= 4 is 5.97 Å². The summed E-state index contributed by atoms with van der Waals surface area (Å²) in [7, 11) is 0. The molecule has 1 aromatic carbocycles. The molecule has 0 atom stereocenters. The summed E-state index contributed by atoms with van der Waals surface area (Å²) in [6.45, 7) is 8.63. The van der Waals surface area contributed by atoms with Crippen LogP contribution in [0.1, 0.15) is 81.9 Å². The lowest BCUT2D eigenvalue weighted by Gasteiger charge is -2.29. The highest BCUT2D eigenvalue weighted by atomic mass is 16.4. The van der Waals surface area contributed by atoms with Crippen molar-refractivity contribution in [2.75, 3.05) is 0 Å². The van der Waals surface area contributed by atoms with Crippen molar-refractivity contribution in [1.29, 1.82) is 0 Å². The Balaban J connectivity index is 2.62. The van der Waals surface area contributed by atoms with E-state index in [-0.39, 0.29) is 0 Å². The van der Waals surface area contributed by atoms with Crippen LogP contribution in [0.15, 0.2) is 18.2 Å². The Morgan fingerprint density at radius 1 is 1.10 bits per heavy atom. The van der Waals surface area contributed by atoms with Crippen LogP contribution in [0.25, 0.3) is 0 Å². The van der Waals surface area contributed by atoms with E-state index in [4.69, 9.17) is 0 Å². The Morgan fingerprint density at radius 3 is 2.15 bits per heavy atom. The molecule has 1 N–H and O–H groups in total. The van der Waals surface area contributed by atoms with E-state index in [0.717, 1.165) is 31.2 Å². The SMILES string of the molecule is CC(C)c1ccc(C(C)C)c(C2(C(=O)O)CCCC2)c1. The highest BCUT2D eigenvalue weighted by Crippen LogP contribution is 2.45. The topological polar surface area (TPSA) is 37.3 Å². The predicted molar refractivity (Wildman–Crippen MR) is 82.4 cm³/mol. The van der Waals surface area contributed by atoms with Gasteiger partial charge in [0.1, 0.15) is 0 Å². The molecule has 0 spiro atoms. The van der Waals surface area contributed by atoms with Crippen LogP contribution >= 0.6 is 0 Å². The van der Waals surface area contributed by atoms with Gasteiger partial charge in [-0.2, -0.15) is 0 Å². The number of aliphatic carboxylic acids is 1. The molecule has 2 heteroatoms. The molecule has 110 valence electrons. The van der Waals surface area contributed by atoms with Crippen molar-refractivity contribution in [3.05, 3.63) is 34.9 Å². The number of carboxylic acids is 1. The lowest BCUT2D eigenvalue weighted by Crippen LogP contribution is -2.34. The van der Waals surface area contributed by atoms with E-state index in [1.165, 1.54) is 11.1 Å². The largest absolute Gasteiger partial charge is 0.481 e. The van der Waals surface area contributed by atoms with Crippen LogP contribution in [-0.4, -0.2) is 11.1 Å². The molecule has 0 aromatic heterocycles. The summed E-state index contributed by atoms with van der Waals surface area (Å²) in [6, 6.07) is 6.48. The van der Waals surface area contributed by atoms with Crippen LogP contribution in [0.3, 0.4) is 0 Å². The molecule has 1 fully saturated rings. The van der Waals surface area contributed by atoms with Crippen LogP contribution < -0.4 is 0 Å². The Kier molecular flexibility index (Phi) is 4.22. The molecule has 0 saturated heterocycles. The summed E-state index contributed by atoms with van der Waals surface area (Å²) in [5, 5.41) is 9.85. The average molecular weight is 274 g/mol. The van der Waals surface area contributed by atoms with Crippen LogP contribution in [0.2, 0.25) is 0 Å². The van der Waals surface area contributed by atoms with Gasteiger partial charge in [-0.25, -0.2) is 0 Å². The number of hydrogen-bond acceptors (Lipinski definition) is 1. The monoisotopic (exact) mass is 274 g/mol. The minimum absolute atomic E-state index is 0.364. The number of carboxylic acid groups (broad SMARTS) is 1. The standard InChI is InChI=1S/C18H26O2/c1-12(2)14-7-8-15(13(3)4)16(11-14)18(17(19)20)9-5-6-10-18/h7-8,11-13H,5-6,9-10H2,1-4H3,(H,19,20). The molecule has 0 unspecified atom stereocenters. The molecule has 20 heavy (non-hydrogen) atoms. The number of rotatable bonds is 4. The van der Waals surface area contributed by atoms with Gasteiger partial charge in [0.15, 0.2) is 0 Å². The second-order valence-electron chi connectivity index (χ2n) is 6.75. The Hall–Kier alpha value is -1.31. The van der Waals surface area contributed by atoms with Crippen LogP contribution in [-0.2, 0) is 10.2 Å². The summed E-state index contributed by atoms with van der Waals surface area (Å²) in [5.41, 5.74) is 2.88. The van der Waals surface area contributed by atoms with Gasteiger partial charge in [-0.05, 0) is 41.4 Å². The van der Waals surface area contributed by atoms with Gasteiger partial charge in [-0.1, -0.05) is 58.7 Å². The fourth-order valence-electron chi connectivity index (χ4n) is 3.43. The maximum atomic E-state index is 12.0. The summed E-state index contributed by atoms with van der Waals surface area (Å²) < 4.78 is 0. The number of hydrogen-bond donors (Lipinski definition) is 1. The maximum absolute atomic E-state index is 12.0. The molecule has 1 aromatic rings. The highest BCUT2D eigenvalue weighted by Gasteiger charge is 2.44. The molecular formula is C18H26O2. The summed E-state index contributed by atoms with van der Waals surface area (Å²) >= 11 is 0. The maximum Gasteiger partial charge on any atom is 0.314 e. The number of carbonyl (C=O) groups is 1.